The van der Waals surface area contributed by atoms with Crippen molar-refractivity contribution in [2.45, 2.75) is 30.8 Å². The second-order valence-corrected chi connectivity index (χ2v) is 7.64. The van der Waals surface area contributed by atoms with Gasteiger partial charge in [-0.2, -0.15) is 5.26 Å². The molecule has 4 rings (SSSR count). The van der Waals surface area contributed by atoms with Crippen molar-refractivity contribution in [3.05, 3.63) is 53.5 Å². The number of nitrogens with one attached hydrogen (secondary N) is 1. The Labute approximate surface area is 167 Å². The summed E-state index contributed by atoms with van der Waals surface area (Å²) in [6.45, 7) is 0. The molecule has 3 aromatic rings. The summed E-state index contributed by atoms with van der Waals surface area (Å²) in [6.07, 6.45) is 5.53. The maximum atomic E-state index is 12.7. The number of benzene rings is 1. The van der Waals surface area contributed by atoms with Crippen molar-refractivity contribution in [2.24, 2.45) is 7.05 Å². The number of carbonyl (C=O) groups excluding carboxylic acids is 1. The molecule has 0 saturated heterocycles. The minimum Gasteiger partial charge on any atom is -0.312 e. The Kier molecular flexibility index (Phi) is 5.17. The molecule has 0 bridgehead atoms. The number of para-hydroxylation sites is 1. The topological polar surface area (TPSA) is 88.5 Å². The summed E-state index contributed by atoms with van der Waals surface area (Å²) in [5.74, 6) is 0.600. The Morgan fingerprint density at radius 1 is 1.29 bits per heavy atom. The van der Waals surface area contributed by atoms with E-state index in [1.807, 2.05) is 41.9 Å². The van der Waals surface area contributed by atoms with Crippen LogP contribution in [0.25, 0.3) is 5.69 Å². The first-order valence-corrected chi connectivity index (χ1v) is 10.2. The first-order valence-electron chi connectivity index (χ1n) is 9.17. The van der Waals surface area contributed by atoms with Gasteiger partial charge in [-0.1, -0.05) is 30.0 Å². The Hall–Kier alpha value is -3.05. The molecule has 0 spiro atoms. The number of aromatic nitrogens is 4. The van der Waals surface area contributed by atoms with E-state index in [0.717, 1.165) is 42.6 Å². The maximum Gasteiger partial charge on any atom is 0.236 e. The Morgan fingerprint density at radius 3 is 2.79 bits per heavy atom. The van der Waals surface area contributed by atoms with E-state index in [4.69, 9.17) is 0 Å². The average Bonchev–Trinajstić information content (AvgIpc) is 3.27. The van der Waals surface area contributed by atoms with E-state index in [1.54, 1.807) is 10.9 Å². The van der Waals surface area contributed by atoms with Crippen LogP contribution in [0.5, 0.6) is 0 Å². The zero-order valence-electron chi connectivity index (χ0n) is 15.6. The van der Waals surface area contributed by atoms with Gasteiger partial charge in [0.15, 0.2) is 5.16 Å². The fourth-order valence-corrected chi connectivity index (χ4v) is 4.29. The third-order valence-electron chi connectivity index (χ3n) is 4.86. The van der Waals surface area contributed by atoms with Crippen molar-refractivity contribution >= 4 is 23.5 Å². The van der Waals surface area contributed by atoms with Crippen LogP contribution < -0.4 is 5.32 Å². The number of nitrogens with zero attached hydrogens (tertiary/aromatic N) is 5. The molecule has 1 amide bonds. The van der Waals surface area contributed by atoms with Gasteiger partial charge in [-0.3, -0.25) is 9.36 Å². The van der Waals surface area contributed by atoms with Crippen molar-refractivity contribution in [1.82, 2.24) is 19.3 Å². The summed E-state index contributed by atoms with van der Waals surface area (Å²) in [7, 11) is 1.84. The summed E-state index contributed by atoms with van der Waals surface area (Å²) < 4.78 is 3.81. The van der Waals surface area contributed by atoms with Crippen molar-refractivity contribution in [1.29, 1.82) is 5.26 Å². The molecule has 7 nitrogen and oxygen atoms in total. The predicted octanol–water partition coefficient (Wildman–Crippen LogP) is 3.09. The number of nitriles is 1. The summed E-state index contributed by atoms with van der Waals surface area (Å²) in [5.41, 5.74) is 3.73. The zero-order chi connectivity index (χ0) is 19.5. The summed E-state index contributed by atoms with van der Waals surface area (Å²) in [4.78, 5) is 12.7. The van der Waals surface area contributed by atoms with Crippen LogP contribution >= 0.6 is 11.8 Å². The molecule has 142 valence electrons. The van der Waals surface area contributed by atoms with E-state index in [1.165, 1.54) is 11.8 Å². The van der Waals surface area contributed by atoms with Crippen LogP contribution in [0.3, 0.4) is 0 Å². The first kappa shape index (κ1) is 18.3. The van der Waals surface area contributed by atoms with Crippen molar-refractivity contribution < 1.29 is 4.79 Å². The standard InChI is InChI=1S/C20H20N6OS/c1-25-13-22-24-20(25)28-12-18(27)23-19-16(11-21)15-9-5-6-10-17(15)26(19)14-7-3-2-4-8-14/h2-4,7-8,13H,5-6,9-10,12H2,1H3,(H,23,27). The normalized spacial score (nSPS) is 13.0. The average molecular weight is 392 g/mol. The van der Waals surface area contributed by atoms with Gasteiger partial charge in [0.25, 0.3) is 0 Å². The fourth-order valence-electron chi connectivity index (χ4n) is 3.60. The molecule has 28 heavy (non-hydrogen) atoms. The second-order valence-electron chi connectivity index (χ2n) is 6.70. The molecule has 8 heteroatoms. The molecule has 0 radical (unpaired) electrons. The van der Waals surface area contributed by atoms with Gasteiger partial charge in [-0.15, -0.1) is 10.2 Å². The third-order valence-corrected chi connectivity index (χ3v) is 5.89. The van der Waals surface area contributed by atoms with Crippen LogP contribution in [0.15, 0.2) is 41.8 Å². The van der Waals surface area contributed by atoms with Gasteiger partial charge >= 0.3 is 0 Å². The minimum atomic E-state index is -0.170. The number of carbonyl (C=O) groups is 1. The van der Waals surface area contributed by atoms with Crippen LogP contribution in [-0.4, -0.2) is 31.0 Å². The van der Waals surface area contributed by atoms with E-state index in [9.17, 15) is 10.1 Å². The lowest BCUT2D eigenvalue weighted by Crippen LogP contribution is -2.18. The minimum absolute atomic E-state index is 0.170. The van der Waals surface area contributed by atoms with Crippen molar-refractivity contribution in [3.63, 3.8) is 0 Å². The monoisotopic (exact) mass is 392 g/mol. The molecule has 0 fully saturated rings. The molecular weight excluding hydrogens is 372 g/mol. The number of amides is 1. The van der Waals surface area contributed by atoms with E-state index in [0.29, 0.717) is 16.5 Å². The van der Waals surface area contributed by atoms with Crippen LogP contribution in [0.1, 0.15) is 29.7 Å². The predicted molar refractivity (Wildman–Crippen MR) is 107 cm³/mol. The molecule has 2 aromatic heterocycles. The quantitative estimate of drug-likeness (QED) is 0.674. The molecule has 1 N–H and O–H groups in total. The first-order chi connectivity index (χ1) is 13.7. The molecular formula is C20H20N6OS. The third kappa shape index (κ3) is 3.41. The lowest BCUT2D eigenvalue weighted by molar-refractivity contribution is -0.113. The number of hydrogen-bond acceptors (Lipinski definition) is 5. The molecule has 1 aliphatic rings. The van der Waals surface area contributed by atoms with Crippen molar-refractivity contribution in [3.8, 4) is 11.8 Å². The number of fused-ring (bicyclic) bond motifs is 1. The van der Waals surface area contributed by atoms with E-state index in [2.05, 4.69) is 21.6 Å². The van der Waals surface area contributed by atoms with Crippen LogP contribution in [0.4, 0.5) is 5.82 Å². The zero-order valence-corrected chi connectivity index (χ0v) is 16.4. The van der Waals surface area contributed by atoms with Gasteiger partial charge in [0.05, 0.1) is 11.3 Å². The lowest BCUT2D eigenvalue weighted by Gasteiger charge is -2.17. The molecule has 2 heterocycles. The lowest BCUT2D eigenvalue weighted by atomic mass is 9.95. The van der Waals surface area contributed by atoms with Gasteiger partial charge in [0.1, 0.15) is 18.2 Å². The number of aryl methyl sites for hydroxylation is 1. The summed E-state index contributed by atoms with van der Waals surface area (Å²) in [5, 5.41) is 21.3. The highest BCUT2D eigenvalue weighted by atomic mass is 32.2. The Balaban J connectivity index is 1.67. The van der Waals surface area contributed by atoms with Gasteiger partial charge < -0.3 is 9.88 Å². The molecule has 0 aliphatic heterocycles. The van der Waals surface area contributed by atoms with Gasteiger partial charge in [0, 0.05) is 18.4 Å². The molecule has 1 aliphatic carbocycles. The highest BCUT2D eigenvalue weighted by molar-refractivity contribution is 7.99. The summed E-state index contributed by atoms with van der Waals surface area (Å²) >= 11 is 1.32. The van der Waals surface area contributed by atoms with Gasteiger partial charge in [-0.25, -0.2) is 0 Å². The highest BCUT2D eigenvalue weighted by Crippen LogP contribution is 2.35. The number of hydrogen-bond donors (Lipinski definition) is 1. The number of thioether (sulfide) groups is 1. The van der Waals surface area contributed by atoms with Crippen molar-refractivity contribution in [2.75, 3.05) is 11.1 Å². The number of rotatable bonds is 5. The summed E-state index contributed by atoms with van der Waals surface area (Å²) in [6, 6.07) is 12.2. The highest BCUT2D eigenvalue weighted by Gasteiger charge is 2.26. The van der Waals surface area contributed by atoms with E-state index < -0.39 is 0 Å². The van der Waals surface area contributed by atoms with Gasteiger partial charge in [0.2, 0.25) is 5.91 Å². The largest absolute Gasteiger partial charge is 0.312 e. The Bertz CT molecular complexity index is 1050. The van der Waals surface area contributed by atoms with E-state index >= 15 is 0 Å². The van der Waals surface area contributed by atoms with Crippen LogP contribution in [0, 0.1) is 11.3 Å². The molecule has 0 saturated carbocycles. The molecule has 1 aromatic carbocycles. The number of anilines is 1. The second kappa shape index (κ2) is 7.90. The SMILES string of the molecule is Cn1cnnc1SCC(=O)Nc1c(C#N)c2c(n1-c1ccccc1)CCCC2. The smallest absolute Gasteiger partial charge is 0.236 e. The van der Waals surface area contributed by atoms with E-state index in [-0.39, 0.29) is 11.7 Å². The Morgan fingerprint density at radius 2 is 2.07 bits per heavy atom. The molecule has 0 atom stereocenters. The van der Waals surface area contributed by atoms with Crippen LogP contribution in [0.2, 0.25) is 0 Å². The fraction of sp³-hybridized carbons (Fsp3) is 0.300. The van der Waals surface area contributed by atoms with Gasteiger partial charge in [-0.05, 0) is 43.4 Å². The maximum absolute atomic E-state index is 12.7. The molecule has 0 unspecified atom stereocenters. The van der Waals surface area contributed by atoms with Crippen LogP contribution in [-0.2, 0) is 24.7 Å².